The highest BCUT2D eigenvalue weighted by Crippen LogP contribution is 2.25. The maximum Gasteiger partial charge on any atom is 0.200 e. The number of phenolic OH excluding ortho intramolecular Hbond substituents is 2. The third kappa shape index (κ3) is 8.32. The first kappa shape index (κ1) is 28.7. The van der Waals surface area contributed by atoms with Crippen molar-refractivity contribution >= 4 is 11.6 Å². The quantitative estimate of drug-likeness (QED) is 0.208. The van der Waals surface area contributed by atoms with Gasteiger partial charge in [0.1, 0.15) is 35.9 Å². The van der Waals surface area contributed by atoms with E-state index in [-0.39, 0.29) is 30.8 Å². The van der Waals surface area contributed by atoms with E-state index in [0.717, 1.165) is 11.1 Å². The van der Waals surface area contributed by atoms with Crippen LogP contribution in [0, 0.1) is 0 Å². The lowest BCUT2D eigenvalue weighted by atomic mass is 9.97. The number of aromatic hydroxyl groups is 2. The summed E-state index contributed by atoms with van der Waals surface area (Å²) in [5.41, 5.74) is 1.77. The zero-order valence-corrected chi connectivity index (χ0v) is 20.3. The molecule has 2 aromatic rings. The van der Waals surface area contributed by atoms with E-state index < -0.39 is 55.0 Å². The molecule has 0 amide bonds. The first-order chi connectivity index (χ1) is 17.7. The van der Waals surface area contributed by atoms with Gasteiger partial charge in [-0.1, -0.05) is 24.3 Å². The maximum absolute atomic E-state index is 12.7. The van der Waals surface area contributed by atoms with Crippen molar-refractivity contribution in [3.8, 4) is 11.5 Å². The first-order valence-electron chi connectivity index (χ1n) is 12.3. The van der Waals surface area contributed by atoms with Gasteiger partial charge in [0.15, 0.2) is 12.1 Å². The largest absolute Gasteiger partial charge is 0.508 e. The Kier molecular flexibility index (Phi) is 10.6. The number of hydrogen-bond donors (Lipinski definition) is 6. The molecule has 0 unspecified atom stereocenters. The summed E-state index contributed by atoms with van der Waals surface area (Å²) in [6.45, 7) is -0.624. The Balaban J connectivity index is 1.61. The number of aryl methyl sites for hydroxylation is 2. The molecule has 37 heavy (non-hydrogen) atoms. The number of ether oxygens (including phenoxy) is 2. The van der Waals surface area contributed by atoms with Crippen LogP contribution in [0.3, 0.4) is 0 Å². The molecule has 1 aliphatic rings. The van der Waals surface area contributed by atoms with Gasteiger partial charge >= 0.3 is 0 Å². The first-order valence-corrected chi connectivity index (χ1v) is 12.3. The van der Waals surface area contributed by atoms with Crippen LogP contribution in [0.15, 0.2) is 48.5 Å². The van der Waals surface area contributed by atoms with Gasteiger partial charge in [-0.25, -0.2) is 0 Å². The van der Waals surface area contributed by atoms with Crippen molar-refractivity contribution in [1.82, 2.24) is 0 Å². The minimum Gasteiger partial charge on any atom is -0.508 e. The van der Waals surface area contributed by atoms with Crippen molar-refractivity contribution in [2.24, 2.45) is 0 Å². The average Bonchev–Trinajstić information content (AvgIpc) is 2.89. The van der Waals surface area contributed by atoms with Crippen LogP contribution in [-0.4, -0.2) is 85.6 Å². The predicted octanol–water partition coefficient (Wildman–Crippen LogP) is 0.767. The number of phenols is 2. The standard InChI is InChI=1S/C27H34O10/c28-15-23-24(33)25(34)26(35)27(37-23)36-20(13-8-17-6-11-19(30)12-7-17)14-22(32)21(31)3-1-2-16-4-9-18(29)10-5-16/h4-7,9-12,20,23-30,33-35H,1-3,8,13-15H2/t20-,23+,24+,25-,26+,27+/m0/s1. The van der Waals surface area contributed by atoms with Crippen molar-refractivity contribution in [3.05, 3.63) is 59.7 Å². The molecule has 6 atom stereocenters. The van der Waals surface area contributed by atoms with Crippen molar-refractivity contribution < 1.29 is 49.7 Å². The zero-order valence-electron chi connectivity index (χ0n) is 20.3. The summed E-state index contributed by atoms with van der Waals surface area (Å²) in [7, 11) is 0. The topological polar surface area (TPSA) is 174 Å². The van der Waals surface area contributed by atoms with Crippen molar-refractivity contribution in [3.63, 3.8) is 0 Å². The van der Waals surface area contributed by atoms with Crippen LogP contribution < -0.4 is 0 Å². The van der Waals surface area contributed by atoms with Crippen LogP contribution in [0.5, 0.6) is 11.5 Å². The molecule has 1 fully saturated rings. The van der Waals surface area contributed by atoms with Gasteiger partial charge in [-0.05, 0) is 61.1 Å². The molecule has 1 aliphatic heterocycles. The summed E-state index contributed by atoms with van der Waals surface area (Å²) in [6.07, 6.45) is -6.86. The molecular weight excluding hydrogens is 484 g/mol. The number of rotatable bonds is 13. The van der Waals surface area contributed by atoms with E-state index in [9.17, 15) is 40.2 Å². The van der Waals surface area contributed by atoms with E-state index >= 15 is 0 Å². The minimum absolute atomic E-state index is 0.0322. The molecule has 1 saturated heterocycles. The fraction of sp³-hybridized carbons (Fsp3) is 0.481. The third-order valence-electron chi connectivity index (χ3n) is 6.40. The number of ketones is 2. The van der Waals surface area contributed by atoms with E-state index in [2.05, 4.69) is 0 Å². The summed E-state index contributed by atoms with van der Waals surface area (Å²) in [4.78, 5) is 25.3. The third-order valence-corrected chi connectivity index (χ3v) is 6.40. The molecule has 6 N–H and O–H groups in total. The van der Waals surface area contributed by atoms with Crippen molar-refractivity contribution in [2.75, 3.05) is 6.61 Å². The van der Waals surface area contributed by atoms with Crippen LogP contribution in [0.2, 0.25) is 0 Å². The Bertz CT molecular complexity index is 1000. The molecule has 1 heterocycles. The Morgan fingerprint density at radius 1 is 0.811 bits per heavy atom. The summed E-state index contributed by atoms with van der Waals surface area (Å²) < 4.78 is 11.2. The summed E-state index contributed by atoms with van der Waals surface area (Å²) in [5.74, 6) is -0.962. The molecule has 0 bridgehead atoms. The maximum atomic E-state index is 12.7. The number of Topliss-reactive ketones (excluding diaryl/α,β-unsaturated/α-hetero) is 2. The molecule has 0 saturated carbocycles. The molecule has 10 nitrogen and oxygen atoms in total. The van der Waals surface area contributed by atoms with Gasteiger partial charge in [-0.15, -0.1) is 0 Å². The Morgan fingerprint density at radius 3 is 1.95 bits per heavy atom. The van der Waals surface area contributed by atoms with Gasteiger partial charge in [0.25, 0.3) is 0 Å². The van der Waals surface area contributed by atoms with E-state index in [0.29, 0.717) is 19.3 Å². The van der Waals surface area contributed by atoms with Gasteiger partial charge in [-0.2, -0.15) is 0 Å². The monoisotopic (exact) mass is 518 g/mol. The number of hydrogen-bond acceptors (Lipinski definition) is 10. The van der Waals surface area contributed by atoms with Crippen LogP contribution in [0.4, 0.5) is 0 Å². The lowest BCUT2D eigenvalue weighted by Crippen LogP contribution is -2.59. The highest BCUT2D eigenvalue weighted by atomic mass is 16.7. The van der Waals surface area contributed by atoms with E-state index in [1.165, 1.54) is 12.1 Å². The molecule has 3 rings (SSSR count). The van der Waals surface area contributed by atoms with Gasteiger partial charge < -0.3 is 40.1 Å². The fourth-order valence-electron chi connectivity index (χ4n) is 4.15. The van der Waals surface area contributed by atoms with E-state index in [1.807, 2.05) is 0 Å². The lowest BCUT2D eigenvalue weighted by molar-refractivity contribution is -0.311. The second kappa shape index (κ2) is 13.6. The van der Waals surface area contributed by atoms with Crippen LogP contribution >= 0.6 is 0 Å². The van der Waals surface area contributed by atoms with Crippen molar-refractivity contribution in [1.29, 1.82) is 0 Å². The molecular formula is C27H34O10. The number of carbonyl (C=O) groups excluding carboxylic acids is 2. The molecule has 202 valence electrons. The van der Waals surface area contributed by atoms with Crippen LogP contribution in [-0.2, 0) is 31.9 Å². The molecule has 0 spiro atoms. The molecule has 0 aromatic heterocycles. The molecule has 0 aliphatic carbocycles. The fourth-order valence-corrected chi connectivity index (χ4v) is 4.15. The number of benzene rings is 2. The van der Waals surface area contributed by atoms with Gasteiger partial charge in [0, 0.05) is 12.8 Å². The Morgan fingerprint density at radius 2 is 1.38 bits per heavy atom. The summed E-state index contributed by atoms with van der Waals surface area (Å²) in [5, 5.41) is 58.7. The van der Waals surface area contributed by atoms with Crippen molar-refractivity contribution in [2.45, 2.75) is 75.3 Å². The van der Waals surface area contributed by atoms with Gasteiger partial charge in [-0.3, -0.25) is 9.59 Å². The van der Waals surface area contributed by atoms with Crippen LogP contribution in [0.25, 0.3) is 0 Å². The van der Waals surface area contributed by atoms with Crippen LogP contribution in [0.1, 0.15) is 36.8 Å². The SMILES string of the molecule is O=C(CCCc1ccc(O)cc1)C(=O)C[C@H](CCc1ccc(O)cc1)O[C@@H]1O[C@H](CO)[C@@H](O)[C@H](O)[C@H]1O. The van der Waals surface area contributed by atoms with Gasteiger partial charge in [0.05, 0.1) is 12.7 Å². The van der Waals surface area contributed by atoms with E-state index in [1.54, 1.807) is 36.4 Å². The molecule has 0 radical (unpaired) electrons. The Labute approximate surface area is 214 Å². The number of aliphatic hydroxyl groups is 4. The highest BCUT2D eigenvalue weighted by molar-refractivity contribution is 6.37. The zero-order chi connectivity index (χ0) is 26.9. The Hall–Kier alpha value is -2.86. The summed E-state index contributed by atoms with van der Waals surface area (Å²) in [6, 6.07) is 13.0. The second-order valence-electron chi connectivity index (χ2n) is 9.23. The summed E-state index contributed by atoms with van der Waals surface area (Å²) >= 11 is 0. The number of carbonyl (C=O) groups is 2. The number of aliphatic hydroxyl groups excluding tert-OH is 4. The average molecular weight is 519 g/mol. The predicted molar refractivity (Wildman–Crippen MR) is 131 cm³/mol. The lowest BCUT2D eigenvalue weighted by Gasteiger charge is -2.40. The normalized spacial score (nSPS) is 24.5. The molecule has 2 aromatic carbocycles. The smallest absolute Gasteiger partial charge is 0.200 e. The van der Waals surface area contributed by atoms with E-state index in [4.69, 9.17) is 9.47 Å². The second-order valence-corrected chi connectivity index (χ2v) is 9.23. The minimum atomic E-state index is -1.63. The van der Waals surface area contributed by atoms with Gasteiger partial charge in [0.2, 0.25) is 5.78 Å². The molecule has 10 heteroatoms. The highest BCUT2D eigenvalue weighted by Gasteiger charge is 2.45.